The summed E-state index contributed by atoms with van der Waals surface area (Å²) in [4.78, 5) is 17.0. The van der Waals surface area contributed by atoms with Gasteiger partial charge in [-0.2, -0.15) is 0 Å². The molecule has 186 valence electrons. The molecule has 1 atom stereocenters. The SMILES string of the molecule is CC[C@@H](C)NC(=O)CSc1nnc(-c2ccc(OC)c(OC)c2)c(-c2ccc(OC)c(OC)c2)n1. The van der Waals surface area contributed by atoms with Crippen molar-refractivity contribution >= 4 is 17.7 Å². The van der Waals surface area contributed by atoms with Crippen molar-refractivity contribution in [1.29, 1.82) is 0 Å². The van der Waals surface area contributed by atoms with Gasteiger partial charge >= 0.3 is 0 Å². The lowest BCUT2D eigenvalue weighted by Gasteiger charge is -2.14. The summed E-state index contributed by atoms with van der Waals surface area (Å²) in [5.74, 6) is 2.43. The number of hydrogen-bond donors (Lipinski definition) is 1. The van der Waals surface area contributed by atoms with Crippen molar-refractivity contribution in [3.63, 3.8) is 0 Å². The van der Waals surface area contributed by atoms with Gasteiger partial charge in [0.2, 0.25) is 11.1 Å². The van der Waals surface area contributed by atoms with E-state index in [1.807, 2.05) is 38.1 Å². The molecule has 3 rings (SSSR count). The van der Waals surface area contributed by atoms with Crippen LogP contribution in [0.25, 0.3) is 22.5 Å². The van der Waals surface area contributed by atoms with Gasteiger partial charge in [0.1, 0.15) is 11.4 Å². The van der Waals surface area contributed by atoms with Gasteiger partial charge in [-0.1, -0.05) is 18.7 Å². The minimum atomic E-state index is -0.0791. The van der Waals surface area contributed by atoms with Crippen molar-refractivity contribution in [2.75, 3.05) is 34.2 Å². The Morgan fingerprint density at radius 3 is 1.91 bits per heavy atom. The van der Waals surface area contributed by atoms with Crippen molar-refractivity contribution in [3.05, 3.63) is 36.4 Å². The second kappa shape index (κ2) is 12.3. The lowest BCUT2D eigenvalue weighted by Crippen LogP contribution is -2.33. The highest BCUT2D eigenvalue weighted by molar-refractivity contribution is 7.99. The third kappa shape index (κ3) is 6.33. The summed E-state index contributed by atoms with van der Waals surface area (Å²) in [6.07, 6.45) is 0.859. The van der Waals surface area contributed by atoms with E-state index in [9.17, 15) is 4.79 Å². The van der Waals surface area contributed by atoms with Crippen molar-refractivity contribution in [2.45, 2.75) is 31.5 Å². The van der Waals surface area contributed by atoms with E-state index in [0.717, 1.165) is 17.5 Å². The quantitative estimate of drug-likeness (QED) is 0.389. The van der Waals surface area contributed by atoms with E-state index in [1.165, 1.54) is 11.8 Å². The van der Waals surface area contributed by atoms with Gasteiger partial charge in [0.15, 0.2) is 23.0 Å². The fourth-order valence-corrected chi connectivity index (χ4v) is 3.88. The lowest BCUT2D eigenvalue weighted by molar-refractivity contribution is -0.119. The number of carbonyl (C=O) groups is 1. The van der Waals surface area contributed by atoms with Gasteiger partial charge in [-0.3, -0.25) is 4.79 Å². The van der Waals surface area contributed by atoms with Crippen molar-refractivity contribution < 1.29 is 23.7 Å². The number of benzene rings is 2. The van der Waals surface area contributed by atoms with E-state index >= 15 is 0 Å². The Kier molecular flexibility index (Phi) is 9.13. The number of carbonyl (C=O) groups excluding carboxylic acids is 1. The molecule has 0 fully saturated rings. The summed E-state index contributed by atoms with van der Waals surface area (Å²) >= 11 is 1.23. The maximum atomic E-state index is 12.2. The summed E-state index contributed by atoms with van der Waals surface area (Å²) in [5.41, 5.74) is 2.64. The van der Waals surface area contributed by atoms with Crippen LogP contribution in [0, 0.1) is 0 Å². The van der Waals surface area contributed by atoms with E-state index in [4.69, 9.17) is 23.9 Å². The van der Waals surface area contributed by atoms with Crippen LogP contribution in [0.15, 0.2) is 41.6 Å². The Bertz CT molecular complexity index is 1170. The zero-order chi connectivity index (χ0) is 25.4. The fraction of sp³-hybridized carbons (Fsp3) is 0.360. The number of hydrogen-bond acceptors (Lipinski definition) is 9. The van der Waals surface area contributed by atoms with Gasteiger partial charge < -0.3 is 24.3 Å². The summed E-state index contributed by atoms with van der Waals surface area (Å²) in [6.45, 7) is 3.99. The fourth-order valence-electron chi connectivity index (χ4n) is 3.28. The van der Waals surface area contributed by atoms with E-state index in [0.29, 0.717) is 39.5 Å². The van der Waals surface area contributed by atoms with Crippen LogP contribution in [0.3, 0.4) is 0 Å². The molecule has 35 heavy (non-hydrogen) atoms. The minimum Gasteiger partial charge on any atom is -0.493 e. The molecule has 10 heteroatoms. The smallest absolute Gasteiger partial charge is 0.230 e. The van der Waals surface area contributed by atoms with Crippen LogP contribution >= 0.6 is 11.8 Å². The average Bonchev–Trinajstić information content (AvgIpc) is 2.90. The zero-order valence-electron chi connectivity index (χ0n) is 20.7. The molecule has 9 nitrogen and oxygen atoms in total. The summed E-state index contributed by atoms with van der Waals surface area (Å²) in [5, 5.41) is 12.1. The predicted molar refractivity (Wildman–Crippen MR) is 136 cm³/mol. The molecule has 0 saturated carbocycles. The maximum absolute atomic E-state index is 12.2. The molecule has 0 radical (unpaired) electrons. The van der Waals surface area contributed by atoms with Gasteiger partial charge in [0.25, 0.3) is 0 Å². The van der Waals surface area contributed by atoms with Crippen LogP contribution in [0.1, 0.15) is 20.3 Å². The Balaban J connectivity index is 2.04. The second-order valence-corrected chi connectivity index (χ2v) is 8.54. The molecule has 0 aliphatic heterocycles. The first kappa shape index (κ1) is 26.1. The monoisotopic (exact) mass is 498 g/mol. The Labute approximate surface area is 209 Å². The predicted octanol–water partition coefficient (Wildman–Crippen LogP) is 4.25. The Morgan fingerprint density at radius 1 is 0.857 bits per heavy atom. The highest BCUT2D eigenvalue weighted by Crippen LogP contribution is 2.38. The first-order valence-electron chi connectivity index (χ1n) is 11.1. The summed E-state index contributed by atoms with van der Waals surface area (Å²) in [7, 11) is 6.31. The number of nitrogens with one attached hydrogen (secondary N) is 1. The number of nitrogens with zero attached hydrogens (tertiary/aromatic N) is 3. The van der Waals surface area contributed by atoms with Crippen LogP contribution in [0.5, 0.6) is 23.0 Å². The number of aromatic nitrogens is 3. The van der Waals surface area contributed by atoms with Gasteiger partial charge in [-0.25, -0.2) is 4.98 Å². The molecule has 3 aromatic rings. The molecular weight excluding hydrogens is 468 g/mol. The molecule has 0 saturated heterocycles. The zero-order valence-corrected chi connectivity index (χ0v) is 21.6. The molecule has 0 aliphatic rings. The van der Waals surface area contributed by atoms with Crippen LogP contribution in [-0.2, 0) is 4.79 Å². The van der Waals surface area contributed by atoms with Crippen LogP contribution in [0.4, 0.5) is 0 Å². The normalized spacial score (nSPS) is 11.5. The minimum absolute atomic E-state index is 0.0791. The molecule has 1 N–H and O–H groups in total. The van der Waals surface area contributed by atoms with Gasteiger partial charge in [0, 0.05) is 17.2 Å². The largest absolute Gasteiger partial charge is 0.493 e. The Morgan fingerprint density at radius 2 is 1.40 bits per heavy atom. The molecule has 1 heterocycles. The topological polar surface area (TPSA) is 105 Å². The van der Waals surface area contributed by atoms with Crippen molar-refractivity contribution in [2.24, 2.45) is 0 Å². The van der Waals surface area contributed by atoms with E-state index in [-0.39, 0.29) is 17.7 Å². The number of rotatable bonds is 11. The molecule has 0 bridgehead atoms. The van der Waals surface area contributed by atoms with Crippen LogP contribution in [0.2, 0.25) is 0 Å². The summed E-state index contributed by atoms with van der Waals surface area (Å²) in [6, 6.07) is 11.1. The highest BCUT2D eigenvalue weighted by Gasteiger charge is 2.18. The first-order valence-corrected chi connectivity index (χ1v) is 12.0. The van der Waals surface area contributed by atoms with E-state index in [2.05, 4.69) is 15.5 Å². The maximum Gasteiger partial charge on any atom is 0.230 e. The van der Waals surface area contributed by atoms with Crippen molar-refractivity contribution in [3.8, 4) is 45.5 Å². The van der Waals surface area contributed by atoms with Gasteiger partial charge in [-0.05, 0) is 49.7 Å². The summed E-state index contributed by atoms with van der Waals surface area (Å²) < 4.78 is 21.7. The molecule has 1 aromatic heterocycles. The molecular formula is C25H30N4O5S. The third-order valence-electron chi connectivity index (χ3n) is 5.33. The highest BCUT2D eigenvalue weighted by atomic mass is 32.2. The number of methoxy groups -OCH3 is 4. The van der Waals surface area contributed by atoms with Crippen LogP contribution in [-0.4, -0.2) is 61.3 Å². The molecule has 0 unspecified atom stereocenters. The van der Waals surface area contributed by atoms with Gasteiger partial charge in [-0.15, -0.1) is 10.2 Å². The molecule has 1 amide bonds. The van der Waals surface area contributed by atoms with Gasteiger partial charge in [0.05, 0.1) is 34.2 Å². The molecule has 0 aliphatic carbocycles. The van der Waals surface area contributed by atoms with E-state index in [1.54, 1.807) is 40.6 Å². The number of amides is 1. The van der Waals surface area contributed by atoms with Crippen molar-refractivity contribution in [1.82, 2.24) is 20.5 Å². The third-order valence-corrected chi connectivity index (χ3v) is 6.17. The number of ether oxygens (including phenoxy) is 4. The second-order valence-electron chi connectivity index (χ2n) is 7.60. The average molecular weight is 499 g/mol. The Hall–Kier alpha value is -3.53. The first-order chi connectivity index (χ1) is 16.9. The molecule has 0 spiro atoms. The standard InChI is InChI=1S/C25H30N4O5S/c1-7-15(2)26-22(30)14-35-25-27-23(16-8-10-18(31-3)20(12-16)33-5)24(28-29-25)17-9-11-19(32-4)21(13-17)34-6/h8-13,15H,7,14H2,1-6H3,(H,26,30)/t15-/m1/s1. The number of thioether (sulfide) groups is 1. The lowest BCUT2D eigenvalue weighted by atomic mass is 10.0. The van der Waals surface area contributed by atoms with Crippen LogP contribution < -0.4 is 24.3 Å². The van der Waals surface area contributed by atoms with E-state index < -0.39 is 0 Å². The molecule has 2 aromatic carbocycles.